The predicted octanol–water partition coefficient (Wildman–Crippen LogP) is 3.11. The Morgan fingerprint density at radius 2 is 1.90 bits per heavy atom. The van der Waals surface area contributed by atoms with Crippen molar-refractivity contribution in [3.63, 3.8) is 0 Å². The molecule has 0 atom stereocenters. The van der Waals surface area contributed by atoms with E-state index in [4.69, 9.17) is 5.11 Å². The van der Waals surface area contributed by atoms with E-state index in [-0.39, 0.29) is 11.5 Å². The number of hydrogen-bond donors (Lipinski definition) is 2. The van der Waals surface area contributed by atoms with E-state index >= 15 is 0 Å². The summed E-state index contributed by atoms with van der Waals surface area (Å²) in [4.78, 5) is 26.8. The van der Waals surface area contributed by atoms with Gasteiger partial charge in [0.25, 0.3) is 0 Å². The van der Waals surface area contributed by atoms with E-state index in [2.05, 4.69) is 26.2 Å². The Labute approximate surface area is 130 Å². The molecule has 0 saturated heterocycles. The molecule has 0 bridgehead atoms. The van der Waals surface area contributed by atoms with Gasteiger partial charge in [-0.3, -0.25) is 9.78 Å². The highest BCUT2D eigenvalue weighted by atomic mass is 79.9. The average molecular weight is 349 g/mol. The lowest BCUT2D eigenvalue weighted by atomic mass is 10.1. The molecular formula is C15H13BrN2O3. The normalized spacial score (nSPS) is 10.1. The number of aromatic carboxylic acids is 1. The minimum atomic E-state index is -1.03. The largest absolute Gasteiger partial charge is 0.478 e. The van der Waals surface area contributed by atoms with E-state index in [1.807, 2.05) is 12.1 Å². The minimum Gasteiger partial charge on any atom is -0.478 e. The van der Waals surface area contributed by atoms with Gasteiger partial charge in [0.05, 0.1) is 11.3 Å². The zero-order valence-electron chi connectivity index (χ0n) is 11.0. The molecule has 2 rings (SSSR count). The number of nitrogens with one attached hydrogen (secondary N) is 1. The van der Waals surface area contributed by atoms with Crippen LogP contribution in [0.25, 0.3) is 0 Å². The molecule has 2 aromatic rings. The van der Waals surface area contributed by atoms with Crippen LogP contribution >= 0.6 is 15.9 Å². The summed E-state index contributed by atoms with van der Waals surface area (Å²) < 4.78 is 0.643. The van der Waals surface area contributed by atoms with Crippen LogP contribution in [-0.4, -0.2) is 22.0 Å². The summed E-state index contributed by atoms with van der Waals surface area (Å²) in [5.74, 6) is -1.20. The number of carbonyl (C=O) groups excluding carboxylic acids is 1. The molecule has 0 aliphatic heterocycles. The van der Waals surface area contributed by atoms with Crippen molar-refractivity contribution >= 4 is 33.5 Å². The van der Waals surface area contributed by atoms with Gasteiger partial charge in [-0.15, -0.1) is 0 Å². The SMILES string of the molecule is O=C(CCc1ccncc1)Nc1cc(C(=O)O)ccc1Br. The van der Waals surface area contributed by atoms with E-state index in [1.54, 1.807) is 18.5 Å². The molecule has 0 spiro atoms. The van der Waals surface area contributed by atoms with Crippen LogP contribution in [0.4, 0.5) is 5.69 Å². The van der Waals surface area contributed by atoms with Crippen LogP contribution in [-0.2, 0) is 11.2 Å². The zero-order valence-corrected chi connectivity index (χ0v) is 12.6. The smallest absolute Gasteiger partial charge is 0.335 e. The van der Waals surface area contributed by atoms with Crippen molar-refractivity contribution in [1.29, 1.82) is 0 Å². The highest BCUT2D eigenvalue weighted by Crippen LogP contribution is 2.24. The van der Waals surface area contributed by atoms with Crippen LogP contribution in [0.2, 0.25) is 0 Å². The molecule has 1 amide bonds. The number of benzene rings is 1. The average Bonchev–Trinajstić information content (AvgIpc) is 2.48. The Bertz CT molecular complexity index is 659. The van der Waals surface area contributed by atoms with Crippen LogP contribution in [0.15, 0.2) is 47.2 Å². The van der Waals surface area contributed by atoms with Crippen LogP contribution in [0.5, 0.6) is 0 Å². The summed E-state index contributed by atoms with van der Waals surface area (Å²) in [5.41, 5.74) is 1.61. The lowest BCUT2D eigenvalue weighted by Gasteiger charge is -2.08. The Kier molecular flexibility index (Phi) is 5.05. The second kappa shape index (κ2) is 6.99. The second-order valence-electron chi connectivity index (χ2n) is 4.40. The number of nitrogens with zero attached hydrogens (tertiary/aromatic N) is 1. The highest BCUT2D eigenvalue weighted by molar-refractivity contribution is 9.10. The van der Waals surface area contributed by atoms with Crippen molar-refractivity contribution in [2.45, 2.75) is 12.8 Å². The van der Waals surface area contributed by atoms with Gasteiger partial charge in [-0.25, -0.2) is 4.79 Å². The number of hydrogen-bond acceptors (Lipinski definition) is 3. The van der Waals surface area contributed by atoms with Crippen molar-refractivity contribution in [3.8, 4) is 0 Å². The van der Waals surface area contributed by atoms with Crippen molar-refractivity contribution < 1.29 is 14.7 Å². The quantitative estimate of drug-likeness (QED) is 0.869. The lowest BCUT2D eigenvalue weighted by molar-refractivity contribution is -0.116. The van der Waals surface area contributed by atoms with Crippen LogP contribution in [0, 0.1) is 0 Å². The molecule has 0 aliphatic rings. The van der Waals surface area contributed by atoms with Gasteiger partial charge in [0.2, 0.25) is 5.91 Å². The molecule has 2 N–H and O–H groups in total. The maximum atomic E-state index is 11.9. The first-order chi connectivity index (χ1) is 10.1. The van der Waals surface area contributed by atoms with Crippen molar-refractivity contribution in [1.82, 2.24) is 4.98 Å². The van der Waals surface area contributed by atoms with Gasteiger partial charge in [0.15, 0.2) is 0 Å². The summed E-state index contributed by atoms with van der Waals surface area (Å²) in [5, 5.41) is 11.7. The first kappa shape index (κ1) is 15.2. The molecule has 0 aliphatic carbocycles. The van der Waals surface area contributed by atoms with E-state index in [9.17, 15) is 9.59 Å². The fourth-order valence-corrected chi connectivity index (χ4v) is 2.12. The number of carboxylic acids is 1. The molecule has 108 valence electrons. The molecule has 21 heavy (non-hydrogen) atoms. The van der Waals surface area contributed by atoms with Crippen molar-refractivity contribution in [3.05, 3.63) is 58.3 Å². The number of amides is 1. The molecule has 1 heterocycles. The zero-order chi connectivity index (χ0) is 15.2. The first-order valence-corrected chi connectivity index (χ1v) is 7.07. The Morgan fingerprint density at radius 1 is 1.19 bits per heavy atom. The van der Waals surface area contributed by atoms with Crippen molar-refractivity contribution in [2.24, 2.45) is 0 Å². The van der Waals surface area contributed by atoms with Gasteiger partial charge in [0.1, 0.15) is 0 Å². The monoisotopic (exact) mass is 348 g/mol. The third-order valence-electron chi connectivity index (χ3n) is 2.88. The lowest BCUT2D eigenvalue weighted by Crippen LogP contribution is -2.13. The molecule has 6 heteroatoms. The first-order valence-electron chi connectivity index (χ1n) is 6.28. The Morgan fingerprint density at radius 3 is 2.57 bits per heavy atom. The summed E-state index contributed by atoms with van der Waals surface area (Å²) >= 11 is 3.29. The molecule has 0 saturated carbocycles. The van der Waals surface area contributed by atoms with E-state index in [0.717, 1.165) is 5.56 Å². The number of aryl methyl sites for hydroxylation is 1. The topological polar surface area (TPSA) is 79.3 Å². The maximum absolute atomic E-state index is 11.9. The fraction of sp³-hybridized carbons (Fsp3) is 0.133. The Balaban J connectivity index is 1.99. The molecule has 0 fully saturated rings. The predicted molar refractivity (Wildman–Crippen MR) is 82.3 cm³/mol. The van der Waals surface area contributed by atoms with Crippen LogP contribution in [0.3, 0.4) is 0 Å². The number of rotatable bonds is 5. The van der Waals surface area contributed by atoms with Gasteiger partial charge in [-0.05, 0) is 58.2 Å². The number of anilines is 1. The molecule has 0 unspecified atom stereocenters. The number of carboxylic acid groups (broad SMARTS) is 1. The van der Waals surface area contributed by atoms with E-state index in [0.29, 0.717) is 23.0 Å². The standard InChI is InChI=1S/C15H13BrN2O3/c16-12-3-2-11(15(20)21)9-13(12)18-14(19)4-1-10-5-7-17-8-6-10/h2-3,5-9H,1,4H2,(H,18,19)(H,20,21). The molecule has 1 aromatic heterocycles. The molecule has 1 aromatic carbocycles. The van der Waals surface area contributed by atoms with Gasteiger partial charge >= 0.3 is 5.97 Å². The maximum Gasteiger partial charge on any atom is 0.335 e. The van der Waals surface area contributed by atoms with E-state index in [1.165, 1.54) is 12.1 Å². The molecule has 5 nitrogen and oxygen atoms in total. The number of carbonyl (C=O) groups is 2. The summed E-state index contributed by atoms with van der Waals surface area (Å²) in [6.07, 6.45) is 4.28. The number of pyridine rings is 1. The molecular weight excluding hydrogens is 336 g/mol. The highest BCUT2D eigenvalue weighted by Gasteiger charge is 2.10. The second-order valence-corrected chi connectivity index (χ2v) is 5.26. The third kappa shape index (κ3) is 4.39. The van der Waals surface area contributed by atoms with Crippen LogP contribution < -0.4 is 5.32 Å². The van der Waals surface area contributed by atoms with Crippen molar-refractivity contribution in [2.75, 3.05) is 5.32 Å². The number of aromatic nitrogens is 1. The van der Waals surface area contributed by atoms with Gasteiger partial charge in [0, 0.05) is 23.3 Å². The van der Waals surface area contributed by atoms with Gasteiger partial charge in [-0.2, -0.15) is 0 Å². The Hall–Kier alpha value is -2.21. The summed E-state index contributed by atoms with van der Waals surface area (Å²) in [7, 11) is 0. The minimum absolute atomic E-state index is 0.127. The van der Waals surface area contributed by atoms with E-state index < -0.39 is 5.97 Å². The summed E-state index contributed by atoms with van der Waals surface area (Å²) in [6.45, 7) is 0. The van der Waals surface area contributed by atoms with Gasteiger partial charge in [-0.1, -0.05) is 0 Å². The third-order valence-corrected chi connectivity index (χ3v) is 3.57. The van der Waals surface area contributed by atoms with Gasteiger partial charge < -0.3 is 10.4 Å². The van der Waals surface area contributed by atoms with Crippen LogP contribution in [0.1, 0.15) is 22.3 Å². The number of halogens is 1. The molecule has 0 radical (unpaired) electrons. The fourth-order valence-electron chi connectivity index (χ4n) is 1.77. The summed E-state index contributed by atoms with van der Waals surface area (Å²) in [6, 6.07) is 8.21.